The molecule has 3 rings (SSSR count). The maximum atomic E-state index is 12.0. The number of nitrogens with zero attached hydrogens (tertiary/aromatic N) is 2. The topological polar surface area (TPSA) is 65.8 Å². The van der Waals surface area contributed by atoms with Crippen molar-refractivity contribution in [1.29, 1.82) is 5.26 Å². The van der Waals surface area contributed by atoms with E-state index in [9.17, 15) is 4.79 Å². The number of hydrogen-bond donors (Lipinski definition) is 1. The quantitative estimate of drug-likeness (QED) is 0.660. The Bertz CT molecular complexity index is 883. The molecule has 25 heavy (non-hydrogen) atoms. The first-order valence-electron chi connectivity index (χ1n) is 7.64. The van der Waals surface area contributed by atoms with E-state index < -0.39 is 0 Å². The molecular weight excluding hydrogens is 350 g/mol. The van der Waals surface area contributed by atoms with Gasteiger partial charge in [0.25, 0.3) is 0 Å². The fourth-order valence-electron chi connectivity index (χ4n) is 2.17. The van der Waals surface area contributed by atoms with Crippen molar-refractivity contribution in [2.24, 2.45) is 0 Å². The number of nitriles is 1. The first-order valence-corrected chi connectivity index (χ1v) is 9.44. The van der Waals surface area contributed by atoms with Crippen molar-refractivity contribution in [2.75, 3.05) is 11.1 Å². The number of amides is 1. The third-order valence-electron chi connectivity index (χ3n) is 3.37. The summed E-state index contributed by atoms with van der Waals surface area (Å²) in [7, 11) is 0. The van der Waals surface area contributed by atoms with Crippen LogP contribution in [0.1, 0.15) is 16.0 Å². The molecule has 0 aliphatic heterocycles. The van der Waals surface area contributed by atoms with Crippen molar-refractivity contribution in [2.45, 2.75) is 11.3 Å². The van der Waals surface area contributed by atoms with Gasteiger partial charge < -0.3 is 5.32 Å². The molecule has 0 spiro atoms. The van der Waals surface area contributed by atoms with Crippen LogP contribution in [0.15, 0.2) is 65.7 Å². The van der Waals surface area contributed by atoms with E-state index in [1.54, 1.807) is 18.3 Å². The molecule has 4 nitrogen and oxygen atoms in total. The molecule has 1 heterocycles. The third-order valence-corrected chi connectivity index (χ3v) is 5.30. The Morgan fingerprint density at radius 3 is 2.64 bits per heavy atom. The number of hydrogen-bond acceptors (Lipinski definition) is 5. The summed E-state index contributed by atoms with van der Waals surface area (Å²) < 4.78 is 0. The number of benzene rings is 2. The van der Waals surface area contributed by atoms with Crippen LogP contribution >= 0.6 is 23.1 Å². The molecule has 0 saturated carbocycles. The molecule has 0 atom stereocenters. The predicted molar refractivity (Wildman–Crippen MR) is 102 cm³/mol. The van der Waals surface area contributed by atoms with Crippen LogP contribution in [0.4, 0.5) is 5.13 Å². The van der Waals surface area contributed by atoms with Crippen molar-refractivity contribution >= 4 is 34.1 Å². The highest BCUT2D eigenvalue weighted by Gasteiger charge is 2.08. The monoisotopic (exact) mass is 365 g/mol. The molecule has 2 aromatic carbocycles. The number of thioether (sulfide) groups is 1. The first kappa shape index (κ1) is 17.2. The Balaban J connectivity index is 1.52. The van der Waals surface area contributed by atoms with Gasteiger partial charge in [-0.2, -0.15) is 5.26 Å². The normalized spacial score (nSPS) is 10.2. The van der Waals surface area contributed by atoms with Gasteiger partial charge in [-0.15, -0.1) is 23.1 Å². The van der Waals surface area contributed by atoms with E-state index in [-0.39, 0.29) is 5.91 Å². The standard InChI is InChI=1S/C19H15N3OS2/c20-11-15-8-6-14(7-9-15)10-17-12-21-19(25-17)22-18(23)13-24-16-4-2-1-3-5-16/h1-9,12H,10,13H2,(H,21,22,23). The van der Waals surface area contributed by atoms with E-state index in [0.29, 0.717) is 16.4 Å². The molecule has 0 radical (unpaired) electrons. The van der Waals surface area contributed by atoms with Crippen molar-refractivity contribution in [3.63, 3.8) is 0 Å². The van der Waals surface area contributed by atoms with Gasteiger partial charge in [-0.05, 0) is 29.8 Å². The molecule has 0 saturated heterocycles. The molecule has 1 amide bonds. The molecule has 0 aliphatic rings. The van der Waals surface area contributed by atoms with Gasteiger partial charge in [0.05, 0.1) is 17.4 Å². The van der Waals surface area contributed by atoms with E-state index in [2.05, 4.69) is 16.4 Å². The largest absolute Gasteiger partial charge is 0.301 e. The molecule has 1 N–H and O–H groups in total. The summed E-state index contributed by atoms with van der Waals surface area (Å²) in [6, 6.07) is 19.4. The van der Waals surface area contributed by atoms with Gasteiger partial charge in [0.1, 0.15) is 0 Å². The highest BCUT2D eigenvalue weighted by molar-refractivity contribution is 8.00. The number of anilines is 1. The van der Waals surface area contributed by atoms with Crippen LogP contribution in [0.5, 0.6) is 0 Å². The van der Waals surface area contributed by atoms with Crippen LogP contribution < -0.4 is 5.32 Å². The zero-order valence-corrected chi connectivity index (χ0v) is 14.9. The highest BCUT2D eigenvalue weighted by Crippen LogP contribution is 2.22. The van der Waals surface area contributed by atoms with Gasteiger partial charge in [0.2, 0.25) is 5.91 Å². The molecule has 3 aromatic rings. The average molecular weight is 365 g/mol. The summed E-state index contributed by atoms with van der Waals surface area (Å²) in [4.78, 5) is 18.4. The highest BCUT2D eigenvalue weighted by atomic mass is 32.2. The Morgan fingerprint density at radius 1 is 1.16 bits per heavy atom. The van der Waals surface area contributed by atoms with Crippen LogP contribution in [0, 0.1) is 11.3 Å². The van der Waals surface area contributed by atoms with E-state index in [1.165, 1.54) is 23.1 Å². The fraction of sp³-hybridized carbons (Fsp3) is 0.105. The predicted octanol–water partition coefficient (Wildman–Crippen LogP) is 4.34. The second-order valence-corrected chi connectivity index (χ2v) is 7.43. The van der Waals surface area contributed by atoms with Gasteiger partial charge >= 0.3 is 0 Å². The van der Waals surface area contributed by atoms with Crippen molar-refractivity contribution < 1.29 is 4.79 Å². The van der Waals surface area contributed by atoms with Crippen LogP contribution in [-0.2, 0) is 11.2 Å². The smallest absolute Gasteiger partial charge is 0.236 e. The van der Waals surface area contributed by atoms with Crippen molar-refractivity contribution in [1.82, 2.24) is 4.98 Å². The summed E-state index contributed by atoms with van der Waals surface area (Å²) in [5, 5.41) is 12.3. The zero-order chi connectivity index (χ0) is 17.5. The molecule has 0 aliphatic carbocycles. The van der Waals surface area contributed by atoms with Crippen molar-refractivity contribution in [3.8, 4) is 6.07 Å². The Morgan fingerprint density at radius 2 is 1.92 bits per heavy atom. The number of aromatic nitrogens is 1. The molecule has 0 fully saturated rings. The SMILES string of the molecule is N#Cc1ccc(Cc2cnc(NC(=O)CSc3ccccc3)s2)cc1. The van der Waals surface area contributed by atoms with Gasteiger partial charge in [-0.1, -0.05) is 30.3 Å². The van der Waals surface area contributed by atoms with E-state index in [4.69, 9.17) is 5.26 Å². The number of rotatable bonds is 6. The van der Waals surface area contributed by atoms with E-state index >= 15 is 0 Å². The number of carbonyl (C=O) groups is 1. The van der Waals surface area contributed by atoms with Gasteiger partial charge in [0.15, 0.2) is 5.13 Å². The van der Waals surface area contributed by atoms with Gasteiger partial charge in [-0.3, -0.25) is 4.79 Å². The minimum Gasteiger partial charge on any atom is -0.301 e. The Hall–Kier alpha value is -2.62. The summed E-state index contributed by atoms with van der Waals surface area (Å²) in [6.07, 6.45) is 2.51. The minimum atomic E-state index is -0.0619. The maximum Gasteiger partial charge on any atom is 0.236 e. The molecular formula is C19H15N3OS2. The van der Waals surface area contributed by atoms with Crippen LogP contribution in [0.2, 0.25) is 0 Å². The maximum absolute atomic E-state index is 12.0. The third kappa shape index (κ3) is 5.18. The summed E-state index contributed by atoms with van der Waals surface area (Å²) in [5.74, 6) is 0.294. The lowest BCUT2D eigenvalue weighted by atomic mass is 10.1. The van der Waals surface area contributed by atoms with Gasteiger partial charge in [0, 0.05) is 22.4 Å². The lowest BCUT2D eigenvalue weighted by Crippen LogP contribution is -2.13. The number of thiazole rings is 1. The number of nitrogens with one attached hydrogen (secondary N) is 1. The molecule has 0 bridgehead atoms. The Kier molecular flexibility index (Phi) is 5.83. The van der Waals surface area contributed by atoms with Crippen LogP contribution in [0.3, 0.4) is 0 Å². The first-order chi connectivity index (χ1) is 12.2. The van der Waals surface area contributed by atoms with Gasteiger partial charge in [-0.25, -0.2) is 4.98 Å². The lowest BCUT2D eigenvalue weighted by molar-refractivity contribution is -0.113. The lowest BCUT2D eigenvalue weighted by Gasteiger charge is -2.02. The molecule has 0 unspecified atom stereocenters. The van der Waals surface area contributed by atoms with Crippen molar-refractivity contribution in [3.05, 3.63) is 76.8 Å². The zero-order valence-electron chi connectivity index (χ0n) is 13.3. The fourth-order valence-corrected chi connectivity index (χ4v) is 3.75. The van der Waals surface area contributed by atoms with E-state index in [0.717, 1.165) is 21.8 Å². The molecule has 1 aromatic heterocycles. The molecule has 124 valence electrons. The second kappa shape index (κ2) is 8.47. The minimum absolute atomic E-state index is 0.0619. The molecule has 6 heteroatoms. The summed E-state index contributed by atoms with van der Waals surface area (Å²) in [6.45, 7) is 0. The van der Waals surface area contributed by atoms with Crippen LogP contribution in [-0.4, -0.2) is 16.6 Å². The summed E-state index contributed by atoms with van der Waals surface area (Å²) >= 11 is 2.97. The average Bonchev–Trinajstić information content (AvgIpc) is 3.08. The van der Waals surface area contributed by atoms with Crippen LogP contribution in [0.25, 0.3) is 0 Å². The Labute approximate surface area is 154 Å². The number of carbonyl (C=O) groups excluding carboxylic acids is 1. The van der Waals surface area contributed by atoms with E-state index in [1.807, 2.05) is 42.5 Å². The summed E-state index contributed by atoms with van der Waals surface area (Å²) in [5.41, 5.74) is 1.76. The second-order valence-electron chi connectivity index (χ2n) is 5.27.